The Labute approximate surface area is 149 Å². The van der Waals surface area contributed by atoms with Crippen molar-refractivity contribution in [2.45, 2.75) is 32.6 Å². The Kier molecular flexibility index (Phi) is 5.52. The van der Waals surface area contributed by atoms with Gasteiger partial charge >= 0.3 is 0 Å². The lowest BCUT2D eigenvalue weighted by atomic mass is 9.95. The first kappa shape index (κ1) is 19.0. The van der Waals surface area contributed by atoms with Gasteiger partial charge in [0.05, 0.1) is 11.4 Å². The van der Waals surface area contributed by atoms with Gasteiger partial charge in [-0.1, -0.05) is 51.1 Å². The van der Waals surface area contributed by atoms with Crippen molar-refractivity contribution >= 4 is 27.3 Å². The highest BCUT2D eigenvalue weighted by Crippen LogP contribution is 2.29. The smallest absolute Gasteiger partial charge is 0.266 e. The molecule has 0 heterocycles. The molecule has 0 aromatic heterocycles. The van der Waals surface area contributed by atoms with Gasteiger partial charge in [0, 0.05) is 12.0 Å². The molecule has 0 spiro atoms. The standard InChI is InChI=1S/C19H24N2O3S/c1-5-21(15-11-7-6-8-12-15)25(23,24)17-14-10-9-13-16(17)20-18(22)19(2,3)4/h6-14H,5H2,1-4H3,(H,20,22). The van der Waals surface area contributed by atoms with Gasteiger partial charge < -0.3 is 5.32 Å². The second-order valence-corrected chi connectivity index (χ2v) is 8.54. The monoisotopic (exact) mass is 360 g/mol. The Morgan fingerprint density at radius 2 is 1.56 bits per heavy atom. The molecule has 0 aliphatic rings. The highest BCUT2D eigenvalue weighted by molar-refractivity contribution is 7.93. The van der Waals surface area contributed by atoms with Crippen LogP contribution in [0.3, 0.4) is 0 Å². The molecule has 0 aliphatic carbocycles. The van der Waals surface area contributed by atoms with Crippen LogP contribution in [0.15, 0.2) is 59.5 Å². The zero-order valence-corrected chi connectivity index (χ0v) is 15.8. The predicted octanol–water partition coefficient (Wildman–Crippen LogP) is 3.89. The minimum atomic E-state index is -3.81. The van der Waals surface area contributed by atoms with Crippen LogP contribution in [0.1, 0.15) is 27.7 Å². The Morgan fingerprint density at radius 1 is 1.00 bits per heavy atom. The van der Waals surface area contributed by atoms with E-state index in [4.69, 9.17) is 0 Å². The van der Waals surface area contributed by atoms with Crippen LogP contribution in [0.25, 0.3) is 0 Å². The molecule has 0 fully saturated rings. The number of amides is 1. The number of sulfonamides is 1. The summed E-state index contributed by atoms with van der Waals surface area (Å²) in [6, 6.07) is 15.4. The molecule has 2 aromatic carbocycles. The van der Waals surface area contributed by atoms with Crippen molar-refractivity contribution in [3.8, 4) is 0 Å². The van der Waals surface area contributed by atoms with Crippen molar-refractivity contribution in [2.24, 2.45) is 5.41 Å². The maximum Gasteiger partial charge on any atom is 0.266 e. The molecule has 0 saturated carbocycles. The van der Waals surface area contributed by atoms with Crippen LogP contribution < -0.4 is 9.62 Å². The third kappa shape index (κ3) is 4.20. The first-order valence-electron chi connectivity index (χ1n) is 8.16. The third-order valence-corrected chi connectivity index (χ3v) is 5.68. The van der Waals surface area contributed by atoms with Gasteiger partial charge in [0.15, 0.2) is 0 Å². The van der Waals surface area contributed by atoms with E-state index in [2.05, 4.69) is 5.32 Å². The average Bonchev–Trinajstić information content (AvgIpc) is 2.55. The number of hydrogen-bond acceptors (Lipinski definition) is 3. The summed E-state index contributed by atoms with van der Waals surface area (Å²) in [6.07, 6.45) is 0. The SMILES string of the molecule is CCN(c1ccccc1)S(=O)(=O)c1ccccc1NC(=O)C(C)(C)C. The van der Waals surface area contributed by atoms with Crippen molar-refractivity contribution in [1.29, 1.82) is 0 Å². The zero-order chi connectivity index (χ0) is 18.7. The summed E-state index contributed by atoms with van der Waals surface area (Å²) in [5.41, 5.74) is 0.250. The molecular weight excluding hydrogens is 336 g/mol. The summed E-state index contributed by atoms with van der Waals surface area (Å²) in [5.74, 6) is -0.238. The number of hydrogen-bond donors (Lipinski definition) is 1. The van der Waals surface area contributed by atoms with Gasteiger partial charge in [-0.2, -0.15) is 0 Å². The fraction of sp³-hybridized carbons (Fsp3) is 0.316. The molecule has 25 heavy (non-hydrogen) atoms. The van der Waals surface area contributed by atoms with Gasteiger partial charge in [0.2, 0.25) is 5.91 Å². The molecular formula is C19H24N2O3S. The van der Waals surface area contributed by atoms with Crippen LogP contribution in [-0.4, -0.2) is 20.9 Å². The van der Waals surface area contributed by atoms with E-state index >= 15 is 0 Å². The molecule has 1 N–H and O–H groups in total. The molecule has 0 radical (unpaired) electrons. The van der Waals surface area contributed by atoms with Crippen LogP contribution in [0.5, 0.6) is 0 Å². The minimum Gasteiger partial charge on any atom is -0.324 e. The quantitative estimate of drug-likeness (QED) is 0.880. The highest BCUT2D eigenvalue weighted by Gasteiger charge is 2.28. The molecule has 1 amide bonds. The summed E-state index contributed by atoms with van der Waals surface area (Å²) in [5, 5.41) is 2.74. The van der Waals surface area contributed by atoms with E-state index in [0.717, 1.165) is 0 Å². The number of rotatable bonds is 5. The molecule has 6 heteroatoms. The molecule has 0 bridgehead atoms. The second kappa shape index (κ2) is 7.27. The number of para-hydroxylation sites is 2. The predicted molar refractivity (Wildman–Crippen MR) is 101 cm³/mol. The summed E-state index contributed by atoms with van der Waals surface area (Å²) in [6.45, 7) is 7.40. The van der Waals surface area contributed by atoms with Gasteiger partial charge in [-0.3, -0.25) is 9.10 Å². The van der Waals surface area contributed by atoms with Crippen molar-refractivity contribution in [3.63, 3.8) is 0 Å². The van der Waals surface area contributed by atoms with E-state index in [1.165, 1.54) is 10.4 Å². The van der Waals surface area contributed by atoms with Crippen molar-refractivity contribution in [2.75, 3.05) is 16.2 Å². The van der Waals surface area contributed by atoms with Gasteiger partial charge in [-0.15, -0.1) is 0 Å². The average molecular weight is 360 g/mol. The Morgan fingerprint density at radius 3 is 2.12 bits per heavy atom. The first-order chi connectivity index (χ1) is 11.7. The fourth-order valence-electron chi connectivity index (χ4n) is 2.31. The van der Waals surface area contributed by atoms with Crippen LogP contribution >= 0.6 is 0 Å². The molecule has 134 valence electrons. The van der Waals surface area contributed by atoms with Gasteiger partial charge in [0.1, 0.15) is 4.90 Å². The second-order valence-electron chi connectivity index (χ2n) is 6.71. The maximum atomic E-state index is 13.2. The van der Waals surface area contributed by atoms with Crippen LogP contribution in [-0.2, 0) is 14.8 Å². The van der Waals surface area contributed by atoms with Crippen LogP contribution in [0, 0.1) is 5.41 Å². The van der Waals surface area contributed by atoms with E-state index < -0.39 is 15.4 Å². The lowest BCUT2D eigenvalue weighted by Gasteiger charge is -2.25. The molecule has 0 unspecified atom stereocenters. The third-order valence-electron chi connectivity index (χ3n) is 3.72. The number of carbonyl (C=O) groups is 1. The van der Waals surface area contributed by atoms with E-state index in [1.807, 2.05) is 6.07 Å². The van der Waals surface area contributed by atoms with E-state index in [0.29, 0.717) is 5.69 Å². The number of carbonyl (C=O) groups excluding carboxylic acids is 1. The van der Waals surface area contributed by atoms with Crippen molar-refractivity contribution in [3.05, 3.63) is 54.6 Å². The summed E-state index contributed by atoms with van der Waals surface area (Å²) >= 11 is 0. The van der Waals surface area contributed by atoms with E-state index in [1.54, 1.807) is 70.2 Å². The maximum absolute atomic E-state index is 13.2. The minimum absolute atomic E-state index is 0.0818. The van der Waals surface area contributed by atoms with E-state index in [9.17, 15) is 13.2 Å². The fourth-order valence-corrected chi connectivity index (χ4v) is 3.93. The molecule has 0 saturated heterocycles. The number of benzene rings is 2. The Hall–Kier alpha value is -2.34. The number of nitrogens with zero attached hydrogens (tertiary/aromatic N) is 1. The molecule has 2 rings (SSSR count). The Bertz CT molecular complexity index is 840. The lowest BCUT2D eigenvalue weighted by Crippen LogP contribution is -2.33. The van der Waals surface area contributed by atoms with Gasteiger partial charge in [-0.05, 0) is 31.2 Å². The Balaban J connectivity index is 2.48. The highest BCUT2D eigenvalue weighted by atomic mass is 32.2. The van der Waals surface area contributed by atoms with Gasteiger partial charge in [-0.25, -0.2) is 8.42 Å². The molecule has 0 atom stereocenters. The molecule has 5 nitrogen and oxygen atoms in total. The summed E-state index contributed by atoms with van der Waals surface area (Å²) < 4.78 is 27.7. The summed E-state index contributed by atoms with van der Waals surface area (Å²) in [4.78, 5) is 12.4. The van der Waals surface area contributed by atoms with Crippen LogP contribution in [0.2, 0.25) is 0 Å². The van der Waals surface area contributed by atoms with E-state index in [-0.39, 0.29) is 23.0 Å². The normalized spacial score (nSPS) is 11.8. The van der Waals surface area contributed by atoms with Crippen LogP contribution in [0.4, 0.5) is 11.4 Å². The zero-order valence-electron chi connectivity index (χ0n) is 15.0. The van der Waals surface area contributed by atoms with Gasteiger partial charge in [0.25, 0.3) is 10.0 Å². The first-order valence-corrected chi connectivity index (χ1v) is 9.60. The molecule has 0 aliphatic heterocycles. The summed E-state index contributed by atoms with van der Waals surface area (Å²) in [7, 11) is -3.81. The van der Waals surface area contributed by atoms with Crippen molar-refractivity contribution < 1.29 is 13.2 Å². The number of nitrogens with one attached hydrogen (secondary N) is 1. The lowest BCUT2D eigenvalue weighted by molar-refractivity contribution is -0.123. The van der Waals surface area contributed by atoms with Crippen molar-refractivity contribution in [1.82, 2.24) is 0 Å². The topological polar surface area (TPSA) is 66.5 Å². The largest absolute Gasteiger partial charge is 0.324 e. The number of anilines is 2. The molecule has 2 aromatic rings.